The second-order valence-electron chi connectivity index (χ2n) is 3.70. The molecule has 0 aliphatic rings. The first-order valence-electron chi connectivity index (χ1n) is 5.37. The van der Waals surface area contributed by atoms with E-state index in [1.54, 1.807) is 0 Å². The minimum atomic E-state index is -1.15. The van der Waals surface area contributed by atoms with Gasteiger partial charge >= 0.3 is 0 Å². The summed E-state index contributed by atoms with van der Waals surface area (Å²) in [7, 11) is 0. The van der Waals surface area contributed by atoms with Gasteiger partial charge in [-0.1, -0.05) is 25.1 Å². The van der Waals surface area contributed by atoms with Crippen molar-refractivity contribution >= 4 is 11.6 Å². The van der Waals surface area contributed by atoms with Crippen molar-refractivity contribution in [1.29, 1.82) is 0 Å². The predicted octanol–water partition coefficient (Wildman–Crippen LogP) is 0.816. The molecule has 16 heavy (non-hydrogen) atoms. The van der Waals surface area contributed by atoms with E-state index < -0.39 is 12.0 Å². The summed E-state index contributed by atoms with van der Waals surface area (Å²) in [5.74, 6) is -0.452. The highest BCUT2D eigenvalue weighted by molar-refractivity contribution is 5.95. The summed E-state index contributed by atoms with van der Waals surface area (Å²) >= 11 is 0. The van der Waals surface area contributed by atoms with Crippen molar-refractivity contribution in [3.63, 3.8) is 0 Å². The average molecular weight is 222 g/mol. The molecule has 0 aliphatic heterocycles. The monoisotopic (exact) mass is 222 g/mol. The molecule has 1 amide bonds. The molecule has 88 valence electrons. The zero-order valence-corrected chi connectivity index (χ0v) is 9.66. The number of anilines is 1. The fraction of sp³-hybridized carbons (Fsp3) is 0.417. The maximum Gasteiger partial charge on any atom is 0.254 e. The van der Waals surface area contributed by atoms with Crippen LogP contribution in [0.25, 0.3) is 0 Å². The maximum atomic E-state index is 11.5. The smallest absolute Gasteiger partial charge is 0.254 e. The Morgan fingerprint density at radius 1 is 1.56 bits per heavy atom. The first-order valence-corrected chi connectivity index (χ1v) is 5.37. The Balaban J connectivity index is 2.92. The topological polar surface area (TPSA) is 75.3 Å². The van der Waals surface area contributed by atoms with Crippen LogP contribution >= 0.6 is 0 Å². The van der Waals surface area contributed by atoms with Gasteiger partial charge in [0, 0.05) is 12.2 Å². The molecule has 0 radical (unpaired) electrons. The van der Waals surface area contributed by atoms with Crippen molar-refractivity contribution in [2.45, 2.75) is 26.4 Å². The Morgan fingerprint density at radius 3 is 2.81 bits per heavy atom. The van der Waals surface area contributed by atoms with Gasteiger partial charge in [-0.15, -0.1) is 0 Å². The molecule has 4 nitrogen and oxygen atoms in total. The Kier molecular flexibility index (Phi) is 4.46. The van der Waals surface area contributed by atoms with E-state index in [4.69, 9.17) is 5.73 Å². The van der Waals surface area contributed by atoms with Gasteiger partial charge < -0.3 is 16.2 Å². The zero-order valence-electron chi connectivity index (χ0n) is 9.66. The van der Waals surface area contributed by atoms with Gasteiger partial charge in [0.1, 0.15) is 6.10 Å². The van der Waals surface area contributed by atoms with Crippen LogP contribution in [0.3, 0.4) is 0 Å². The van der Waals surface area contributed by atoms with Gasteiger partial charge in [0.25, 0.3) is 5.91 Å². The Morgan fingerprint density at radius 2 is 2.25 bits per heavy atom. The number of aliphatic hydroxyl groups is 1. The van der Waals surface area contributed by atoms with Crippen molar-refractivity contribution in [3.05, 3.63) is 29.3 Å². The van der Waals surface area contributed by atoms with Crippen molar-refractivity contribution in [1.82, 2.24) is 0 Å². The molecule has 1 atom stereocenters. The number of hydrogen-bond donors (Lipinski definition) is 3. The molecule has 0 bridgehead atoms. The number of para-hydroxylation sites is 1. The summed E-state index contributed by atoms with van der Waals surface area (Å²) in [6, 6.07) is 5.82. The Labute approximate surface area is 95.5 Å². The number of carbonyl (C=O) groups excluding carboxylic acids is 1. The summed E-state index contributed by atoms with van der Waals surface area (Å²) in [5, 5.41) is 12.0. The molecule has 0 fully saturated rings. The fourth-order valence-corrected chi connectivity index (χ4v) is 1.52. The van der Waals surface area contributed by atoms with E-state index in [0.717, 1.165) is 23.2 Å². The summed E-state index contributed by atoms with van der Waals surface area (Å²) in [4.78, 5) is 11.5. The standard InChI is InChI=1S/C12H18N2O2/c1-3-9-6-4-5-8(2)11(9)14-12(16)10(15)7-13/h4-6,10,15H,3,7,13H2,1-2H3,(H,14,16). The first-order chi connectivity index (χ1) is 7.60. The normalized spacial score (nSPS) is 12.2. The van der Waals surface area contributed by atoms with Gasteiger partial charge in [-0.25, -0.2) is 0 Å². The van der Waals surface area contributed by atoms with Crippen LogP contribution in [-0.4, -0.2) is 23.7 Å². The third-order valence-electron chi connectivity index (χ3n) is 2.51. The number of nitrogens with one attached hydrogen (secondary N) is 1. The van der Waals surface area contributed by atoms with Crippen LogP contribution in [-0.2, 0) is 11.2 Å². The molecule has 4 N–H and O–H groups in total. The van der Waals surface area contributed by atoms with Crippen molar-refractivity contribution < 1.29 is 9.90 Å². The SMILES string of the molecule is CCc1cccc(C)c1NC(=O)C(O)CN. The number of carbonyl (C=O) groups is 1. The molecule has 0 saturated carbocycles. The third-order valence-corrected chi connectivity index (χ3v) is 2.51. The molecular formula is C12H18N2O2. The van der Waals surface area contributed by atoms with E-state index in [2.05, 4.69) is 5.32 Å². The third kappa shape index (κ3) is 2.81. The molecule has 0 aliphatic carbocycles. The van der Waals surface area contributed by atoms with Gasteiger partial charge in [-0.05, 0) is 24.5 Å². The van der Waals surface area contributed by atoms with E-state index in [1.807, 2.05) is 32.0 Å². The average Bonchev–Trinajstić information content (AvgIpc) is 2.30. The van der Waals surface area contributed by atoms with Gasteiger partial charge in [-0.3, -0.25) is 4.79 Å². The van der Waals surface area contributed by atoms with E-state index in [1.165, 1.54) is 0 Å². The van der Waals surface area contributed by atoms with E-state index in [0.29, 0.717) is 0 Å². The number of rotatable bonds is 4. The predicted molar refractivity (Wildman–Crippen MR) is 64.2 cm³/mol. The maximum absolute atomic E-state index is 11.5. The van der Waals surface area contributed by atoms with Crippen LogP contribution in [0.4, 0.5) is 5.69 Å². The molecular weight excluding hydrogens is 204 g/mol. The fourth-order valence-electron chi connectivity index (χ4n) is 1.52. The minimum Gasteiger partial charge on any atom is -0.382 e. The van der Waals surface area contributed by atoms with Gasteiger partial charge in [0.05, 0.1) is 0 Å². The molecule has 0 saturated heterocycles. The van der Waals surface area contributed by atoms with E-state index in [9.17, 15) is 9.90 Å². The Bertz CT molecular complexity index is 377. The van der Waals surface area contributed by atoms with Crippen LogP contribution in [0.5, 0.6) is 0 Å². The Hall–Kier alpha value is -1.39. The lowest BCUT2D eigenvalue weighted by Crippen LogP contribution is -2.34. The number of aliphatic hydroxyl groups excluding tert-OH is 1. The molecule has 1 rings (SSSR count). The number of nitrogens with two attached hydrogens (primary N) is 1. The van der Waals surface area contributed by atoms with Crippen molar-refractivity contribution in [2.75, 3.05) is 11.9 Å². The lowest BCUT2D eigenvalue weighted by molar-refractivity contribution is -0.123. The van der Waals surface area contributed by atoms with Crippen molar-refractivity contribution in [2.24, 2.45) is 5.73 Å². The largest absolute Gasteiger partial charge is 0.382 e. The second-order valence-corrected chi connectivity index (χ2v) is 3.70. The van der Waals surface area contributed by atoms with Gasteiger partial charge in [0.15, 0.2) is 0 Å². The highest BCUT2D eigenvalue weighted by Gasteiger charge is 2.15. The summed E-state index contributed by atoms with van der Waals surface area (Å²) in [5.41, 5.74) is 8.04. The molecule has 1 aromatic rings. The van der Waals surface area contributed by atoms with Crippen LogP contribution in [0.15, 0.2) is 18.2 Å². The molecule has 0 spiro atoms. The quantitative estimate of drug-likeness (QED) is 0.706. The van der Waals surface area contributed by atoms with E-state index in [-0.39, 0.29) is 6.54 Å². The lowest BCUT2D eigenvalue weighted by atomic mass is 10.1. The minimum absolute atomic E-state index is 0.0703. The highest BCUT2D eigenvalue weighted by Crippen LogP contribution is 2.21. The van der Waals surface area contributed by atoms with Gasteiger partial charge in [-0.2, -0.15) is 0 Å². The summed E-state index contributed by atoms with van der Waals surface area (Å²) in [6.45, 7) is 3.87. The van der Waals surface area contributed by atoms with E-state index >= 15 is 0 Å². The number of hydrogen-bond acceptors (Lipinski definition) is 3. The highest BCUT2D eigenvalue weighted by atomic mass is 16.3. The first kappa shape index (κ1) is 12.7. The zero-order chi connectivity index (χ0) is 12.1. The number of benzene rings is 1. The molecule has 0 heterocycles. The van der Waals surface area contributed by atoms with Crippen LogP contribution in [0.2, 0.25) is 0 Å². The summed E-state index contributed by atoms with van der Waals surface area (Å²) in [6.07, 6.45) is -0.319. The number of amides is 1. The van der Waals surface area contributed by atoms with Crippen LogP contribution in [0, 0.1) is 6.92 Å². The van der Waals surface area contributed by atoms with Crippen LogP contribution in [0.1, 0.15) is 18.1 Å². The molecule has 4 heteroatoms. The van der Waals surface area contributed by atoms with Crippen molar-refractivity contribution in [3.8, 4) is 0 Å². The molecule has 1 unspecified atom stereocenters. The van der Waals surface area contributed by atoms with Crippen LogP contribution < -0.4 is 11.1 Å². The van der Waals surface area contributed by atoms with Gasteiger partial charge in [0.2, 0.25) is 0 Å². The molecule has 1 aromatic carbocycles. The number of aryl methyl sites for hydroxylation is 2. The molecule has 0 aromatic heterocycles. The summed E-state index contributed by atoms with van der Waals surface area (Å²) < 4.78 is 0. The lowest BCUT2D eigenvalue weighted by Gasteiger charge is -2.14. The second kappa shape index (κ2) is 5.63.